The Hall–Kier alpha value is -5.56. The Morgan fingerprint density at radius 2 is 1.52 bits per heavy atom. The van der Waals surface area contributed by atoms with Gasteiger partial charge in [0, 0.05) is 12.1 Å². The summed E-state index contributed by atoms with van der Waals surface area (Å²) in [4.78, 5) is 35.4. The smallest absolute Gasteiger partial charge is 0.269 e. The number of non-ortho nitro benzene ring substituents is 1. The van der Waals surface area contributed by atoms with Gasteiger partial charge in [-0.25, -0.2) is 13.8 Å². The van der Waals surface area contributed by atoms with Crippen molar-refractivity contribution >= 4 is 39.4 Å². The lowest BCUT2D eigenvalue weighted by atomic mass is 10.1. The van der Waals surface area contributed by atoms with Crippen LogP contribution in [0.3, 0.4) is 0 Å². The predicted molar refractivity (Wildman–Crippen MR) is 165 cm³/mol. The maximum Gasteiger partial charge on any atom is 0.269 e. The van der Waals surface area contributed by atoms with Crippen LogP contribution in [0.2, 0.25) is 0 Å². The highest BCUT2D eigenvalue weighted by Gasteiger charge is 2.27. The van der Waals surface area contributed by atoms with Gasteiger partial charge in [0.2, 0.25) is 0 Å². The standard InChI is InChI=1S/C31H29N5O7S/c1-23(25-8-4-2-5-9-25)33-31(38)22-43-28-18-12-24(13-19-28)20-32-34-30(37)21-35(26-14-16-27(17-15-26)36(39)40)44(41,42)29-10-6-3-7-11-29/h2-20,23H,21-22H2,1H3,(H,33,38)(H,34,37)/b32-20-/t23-/m1/s1. The average Bonchev–Trinajstić information content (AvgIpc) is 3.04. The second-order valence-corrected chi connectivity index (χ2v) is 11.3. The first kappa shape index (κ1) is 31.4. The molecular formula is C31H29N5O7S. The first-order valence-corrected chi connectivity index (χ1v) is 14.8. The van der Waals surface area contributed by atoms with Gasteiger partial charge in [-0.15, -0.1) is 0 Å². The van der Waals surface area contributed by atoms with E-state index < -0.39 is 27.4 Å². The second kappa shape index (κ2) is 14.6. The van der Waals surface area contributed by atoms with E-state index in [1.54, 1.807) is 42.5 Å². The van der Waals surface area contributed by atoms with Crippen molar-refractivity contribution < 1.29 is 27.7 Å². The van der Waals surface area contributed by atoms with Crippen LogP contribution in [0.4, 0.5) is 11.4 Å². The molecule has 2 N–H and O–H groups in total. The topological polar surface area (TPSA) is 160 Å². The molecule has 44 heavy (non-hydrogen) atoms. The number of carbonyl (C=O) groups is 2. The van der Waals surface area contributed by atoms with Crippen molar-refractivity contribution in [3.63, 3.8) is 0 Å². The minimum Gasteiger partial charge on any atom is -0.484 e. The van der Waals surface area contributed by atoms with Crippen LogP contribution < -0.4 is 19.8 Å². The number of hydrazone groups is 1. The van der Waals surface area contributed by atoms with Gasteiger partial charge < -0.3 is 10.1 Å². The lowest BCUT2D eigenvalue weighted by molar-refractivity contribution is -0.384. The van der Waals surface area contributed by atoms with E-state index in [-0.39, 0.29) is 34.8 Å². The molecule has 0 bridgehead atoms. The molecule has 0 aliphatic heterocycles. The lowest BCUT2D eigenvalue weighted by Gasteiger charge is -2.23. The van der Waals surface area contributed by atoms with Crippen molar-refractivity contribution in [3.05, 3.63) is 130 Å². The van der Waals surface area contributed by atoms with Gasteiger partial charge in [-0.3, -0.25) is 24.0 Å². The third-order valence-electron chi connectivity index (χ3n) is 6.30. The molecule has 4 rings (SSSR count). The summed E-state index contributed by atoms with van der Waals surface area (Å²) in [6, 6.07) is 28.3. The first-order chi connectivity index (χ1) is 21.1. The molecule has 226 valence electrons. The van der Waals surface area contributed by atoms with Crippen molar-refractivity contribution in [1.82, 2.24) is 10.7 Å². The van der Waals surface area contributed by atoms with Crippen LogP contribution >= 0.6 is 0 Å². The Bertz CT molecular complexity index is 1720. The van der Waals surface area contributed by atoms with E-state index in [2.05, 4.69) is 15.8 Å². The fourth-order valence-corrected chi connectivity index (χ4v) is 5.47. The molecule has 12 nitrogen and oxygen atoms in total. The summed E-state index contributed by atoms with van der Waals surface area (Å²) in [7, 11) is -4.19. The summed E-state index contributed by atoms with van der Waals surface area (Å²) < 4.78 is 33.1. The highest BCUT2D eigenvalue weighted by atomic mass is 32.2. The third-order valence-corrected chi connectivity index (χ3v) is 8.08. The summed E-state index contributed by atoms with van der Waals surface area (Å²) in [5.74, 6) is -0.555. The monoisotopic (exact) mass is 615 g/mol. The number of carbonyl (C=O) groups excluding carboxylic acids is 2. The fraction of sp³-hybridized carbons (Fsp3) is 0.129. The summed E-state index contributed by atoms with van der Waals surface area (Å²) in [5.41, 5.74) is 3.73. The van der Waals surface area contributed by atoms with Crippen LogP contribution in [0.15, 0.2) is 119 Å². The van der Waals surface area contributed by atoms with Crippen LogP contribution in [-0.4, -0.2) is 44.5 Å². The summed E-state index contributed by atoms with van der Waals surface area (Å²) in [6.45, 7) is 1.08. The number of nitro groups is 1. The molecule has 4 aromatic carbocycles. The number of hydrogen-bond acceptors (Lipinski definition) is 8. The number of anilines is 1. The SMILES string of the molecule is C[C@@H](NC(=O)COc1ccc(/C=N\NC(=O)CN(c2ccc([N+](=O)[O-])cc2)S(=O)(=O)c2ccccc2)cc1)c1ccccc1. The normalized spacial score (nSPS) is 11.8. The number of nitrogens with one attached hydrogen (secondary N) is 2. The van der Waals surface area contributed by atoms with E-state index in [0.717, 1.165) is 22.0 Å². The van der Waals surface area contributed by atoms with Gasteiger partial charge in [0.1, 0.15) is 12.3 Å². The molecule has 0 fully saturated rings. The number of benzene rings is 4. The minimum atomic E-state index is -4.19. The van der Waals surface area contributed by atoms with Gasteiger partial charge in [-0.2, -0.15) is 5.10 Å². The number of sulfonamides is 1. The fourth-order valence-electron chi connectivity index (χ4n) is 4.03. The number of hydrogen-bond donors (Lipinski definition) is 2. The van der Waals surface area contributed by atoms with Gasteiger partial charge in [-0.05, 0) is 66.6 Å². The number of ether oxygens (including phenoxy) is 1. The predicted octanol–water partition coefficient (Wildman–Crippen LogP) is 4.20. The molecule has 0 spiro atoms. The molecule has 2 amide bonds. The Balaban J connectivity index is 1.34. The van der Waals surface area contributed by atoms with Crippen LogP contribution in [0, 0.1) is 10.1 Å². The quantitative estimate of drug-likeness (QED) is 0.130. The Kier molecular flexibility index (Phi) is 10.4. The Morgan fingerprint density at radius 1 is 0.909 bits per heavy atom. The van der Waals surface area contributed by atoms with Crippen molar-refractivity contribution in [2.75, 3.05) is 17.5 Å². The number of rotatable bonds is 13. The summed E-state index contributed by atoms with van der Waals surface area (Å²) in [6.07, 6.45) is 1.36. The molecule has 13 heteroatoms. The van der Waals surface area contributed by atoms with Crippen LogP contribution in [0.1, 0.15) is 24.1 Å². The maximum atomic E-state index is 13.4. The van der Waals surface area contributed by atoms with Crippen LogP contribution in [-0.2, 0) is 19.6 Å². The van der Waals surface area contributed by atoms with E-state index >= 15 is 0 Å². The van der Waals surface area contributed by atoms with Gasteiger partial charge in [0.05, 0.1) is 27.8 Å². The van der Waals surface area contributed by atoms with E-state index in [1.807, 2.05) is 37.3 Å². The van der Waals surface area contributed by atoms with E-state index in [0.29, 0.717) is 11.3 Å². The van der Waals surface area contributed by atoms with Gasteiger partial charge in [-0.1, -0.05) is 48.5 Å². The van der Waals surface area contributed by atoms with Crippen molar-refractivity contribution in [2.45, 2.75) is 17.9 Å². The van der Waals surface area contributed by atoms with E-state index in [9.17, 15) is 28.1 Å². The average molecular weight is 616 g/mol. The molecule has 0 unspecified atom stereocenters. The first-order valence-electron chi connectivity index (χ1n) is 13.3. The lowest BCUT2D eigenvalue weighted by Crippen LogP contribution is -2.39. The minimum absolute atomic E-state index is 0.0554. The zero-order valence-corrected chi connectivity index (χ0v) is 24.4. The van der Waals surface area contributed by atoms with Crippen molar-refractivity contribution in [1.29, 1.82) is 0 Å². The molecule has 1 atom stereocenters. The Labute approximate surface area is 254 Å². The molecule has 0 heterocycles. The molecule has 0 aliphatic rings. The zero-order chi connectivity index (χ0) is 31.5. The summed E-state index contributed by atoms with van der Waals surface area (Å²) >= 11 is 0. The van der Waals surface area contributed by atoms with E-state index in [4.69, 9.17) is 4.74 Å². The Morgan fingerprint density at radius 3 is 2.14 bits per heavy atom. The van der Waals surface area contributed by atoms with Crippen molar-refractivity contribution in [3.8, 4) is 5.75 Å². The molecular weight excluding hydrogens is 586 g/mol. The largest absolute Gasteiger partial charge is 0.484 e. The molecule has 0 radical (unpaired) electrons. The molecule has 4 aromatic rings. The highest BCUT2D eigenvalue weighted by molar-refractivity contribution is 7.92. The zero-order valence-electron chi connectivity index (χ0n) is 23.6. The van der Waals surface area contributed by atoms with Gasteiger partial charge in [0.25, 0.3) is 27.5 Å². The highest BCUT2D eigenvalue weighted by Crippen LogP contribution is 2.25. The number of amides is 2. The molecule has 0 saturated carbocycles. The molecule has 0 saturated heterocycles. The molecule has 0 aliphatic carbocycles. The summed E-state index contributed by atoms with van der Waals surface area (Å²) in [5, 5.41) is 17.8. The van der Waals surface area contributed by atoms with Gasteiger partial charge in [0.15, 0.2) is 6.61 Å². The molecule has 0 aromatic heterocycles. The van der Waals surface area contributed by atoms with Crippen LogP contribution in [0.5, 0.6) is 5.75 Å². The second-order valence-electron chi connectivity index (χ2n) is 9.45. The number of nitro benzene ring substituents is 1. The van der Waals surface area contributed by atoms with E-state index in [1.165, 1.54) is 30.5 Å². The van der Waals surface area contributed by atoms with Gasteiger partial charge >= 0.3 is 0 Å². The maximum absolute atomic E-state index is 13.4. The van der Waals surface area contributed by atoms with Crippen LogP contribution in [0.25, 0.3) is 0 Å². The number of nitrogens with zero attached hydrogens (tertiary/aromatic N) is 3. The third kappa shape index (κ3) is 8.49. The van der Waals surface area contributed by atoms with Crippen molar-refractivity contribution in [2.24, 2.45) is 5.10 Å².